The number of thiazole rings is 1. The number of fused-ring (bicyclic) bond motifs is 1. The molecule has 2 heterocycles. The van der Waals surface area contributed by atoms with Crippen LogP contribution < -0.4 is 33.8 Å². The van der Waals surface area contributed by atoms with Crippen LogP contribution in [0.5, 0.6) is 23.0 Å². The second-order valence-corrected chi connectivity index (χ2v) is 11.6. The summed E-state index contributed by atoms with van der Waals surface area (Å²) in [5.41, 5.74) is 1.84. The molecule has 0 saturated heterocycles. The Bertz CT molecular complexity index is 1740. The van der Waals surface area contributed by atoms with Gasteiger partial charge in [-0.3, -0.25) is 9.36 Å². The van der Waals surface area contributed by atoms with Crippen molar-refractivity contribution in [2.24, 2.45) is 4.99 Å². The van der Waals surface area contributed by atoms with E-state index in [1.165, 1.54) is 15.9 Å². The van der Waals surface area contributed by atoms with Gasteiger partial charge in [0.15, 0.2) is 27.8 Å². The Kier molecular flexibility index (Phi) is 10.5. The van der Waals surface area contributed by atoms with Gasteiger partial charge in [-0.15, -0.1) is 0 Å². The summed E-state index contributed by atoms with van der Waals surface area (Å²) in [6, 6.07) is 8.27. The monoisotopic (exact) mass is 670 g/mol. The highest BCUT2D eigenvalue weighted by molar-refractivity contribution is 9.10. The smallest absolute Gasteiger partial charge is 0.338 e. The Morgan fingerprint density at radius 3 is 2.56 bits per heavy atom. The first-order chi connectivity index (χ1) is 20.6. The van der Waals surface area contributed by atoms with Crippen LogP contribution in [-0.4, -0.2) is 43.6 Å². The number of methoxy groups -OCH3 is 1. The van der Waals surface area contributed by atoms with Crippen molar-refractivity contribution in [3.05, 3.63) is 89.5 Å². The van der Waals surface area contributed by atoms with Crippen LogP contribution >= 0.6 is 27.3 Å². The molecule has 9 nitrogen and oxygen atoms in total. The van der Waals surface area contributed by atoms with E-state index >= 15 is 0 Å². The highest BCUT2D eigenvalue weighted by atomic mass is 79.9. The molecular weight excluding hydrogens is 636 g/mol. The van der Waals surface area contributed by atoms with Gasteiger partial charge in [-0.05, 0) is 92.0 Å². The number of aromatic nitrogens is 1. The molecule has 0 N–H and O–H groups in total. The molecule has 4 rings (SSSR count). The fourth-order valence-electron chi connectivity index (χ4n) is 4.68. The third-order valence-electron chi connectivity index (χ3n) is 6.36. The Morgan fingerprint density at radius 1 is 1.14 bits per heavy atom. The highest BCUT2D eigenvalue weighted by Crippen LogP contribution is 2.38. The molecule has 2 aromatic carbocycles. The predicted molar refractivity (Wildman–Crippen MR) is 170 cm³/mol. The SMILES string of the molecule is C=CCOc1c(Br)cc(/C=c2/sc3n(c2=O)[C@@H](c2ccc(OC(C)C)c(OC)c2)C(C(=O)OCC)=C(C)N=3)cc1OCC. The number of allylic oxidation sites excluding steroid dienone is 1. The number of benzene rings is 2. The number of nitrogens with zero attached hydrogens (tertiary/aromatic N) is 2. The lowest BCUT2D eigenvalue weighted by Gasteiger charge is -2.25. The normalized spacial score (nSPS) is 14.7. The van der Waals surface area contributed by atoms with Crippen molar-refractivity contribution in [3.8, 4) is 23.0 Å². The van der Waals surface area contributed by atoms with E-state index in [2.05, 4.69) is 27.5 Å². The first kappa shape index (κ1) is 32.1. The van der Waals surface area contributed by atoms with Gasteiger partial charge in [-0.2, -0.15) is 0 Å². The highest BCUT2D eigenvalue weighted by Gasteiger charge is 2.34. The topological polar surface area (TPSA) is 97.6 Å². The fourth-order valence-corrected chi connectivity index (χ4v) is 6.30. The maximum Gasteiger partial charge on any atom is 0.338 e. The molecule has 11 heteroatoms. The molecule has 3 aromatic rings. The summed E-state index contributed by atoms with van der Waals surface area (Å²) in [5.74, 6) is 1.59. The lowest BCUT2D eigenvalue weighted by molar-refractivity contribution is -0.139. The molecule has 0 unspecified atom stereocenters. The van der Waals surface area contributed by atoms with E-state index in [0.717, 1.165) is 5.56 Å². The van der Waals surface area contributed by atoms with Gasteiger partial charge in [0, 0.05) is 0 Å². The Hall–Kier alpha value is -3.83. The van der Waals surface area contributed by atoms with Gasteiger partial charge < -0.3 is 23.7 Å². The van der Waals surface area contributed by atoms with Gasteiger partial charge in [0.25, 0.3) is 5.56 Å². The molecule has 1 aliphatic rings. The molecule has 0 radical (unpaired) electrons. The lowest BCUT2D eigenvalue weighted by Crippen LogP contribution is -2.40. The number of esters is 1. The average molecular weight is 672 g/mol. The molecule has 0 amide bonds. The summed E-state index contributed by atoms with van der Waals surface area (Å²) in [6.45, 7) is 13.9. The van der Waals surface area contributed by atoms with E-state index < -0.39 is 12.0 Å². The summed E-state index contributed by atoms with van der Waals surface area (Å²) in [5, 5.41) is 0. The standard InChI is InChI=1S/C32H35BrN2O7S/c1-8-13-41-29-22(33)14-20(15-25(29)39-9-2)16-26-30(36)35-28(21-11-12-23(42-18(4)5)24(17-21)38-7)27(31(37)40-10-3)19(6)34-32(35)43-26/h8,11-12,14-18,28H,1,9-10,13H2,2-7H3/b26-16+/t28-/m0/s1. The maximum atomic E-state index is 14.1. The maximum absolute atomic E-state index is 14.1. The summed E-state index contributed by atoms with van der Waals surface area (Å²) in [4.78, 5) is 32.5. The largest absolute Gasteiger partial charge is 0.493 e. The van der Waals surface area contributed by atoms with Crippen LogP contribution in [0.25, 0.3) is 6.08 Å². The molecule has 1 atom stereocenters. The molecular formula is C32H35BrN2O7S. The number of carbonyl (C=O) groups excluding carboxylic acids is 1. The van der Waals surface area contributed by atoms with E-state index in [1.807, 2.05) is 39.0 Å². The van der Waals surface area contributed by atoms with Gasteiger partial charge >= 0.3 is 5.97 Å². The van der Waals surface area contributed by atoms with E-state index in [4.69, 9.17) is 23.7 Å². The molecule has 1 aliphatic heterocycles. The van der Waals surface area contributed by atoms with Gasteiger partial charge in [-0.25, -0.2) is 9.79 Å². The van der Waals surface area contributed by atoms with Gasteiger partial charge in [0.1, 0.15) is 6.61 Å². The van der Waals surface area contributed by atoms with Crippen molar-refractivity contribution in [2.75, 3.05) is 26.9 Å². The number of rotatable bonds is 12. The van der Waals surface area contributed by atoms with Crippen molar-refractivity contribution < 1.29 is 28.5 Å². The fraction of sp³-hybridized carbons (Fsp3) is 0.344. The second-order valence-electron chi connectivity index (χ2n) is 9.74. The zero-order valence-electron chi connectivity index (χ0n) is 25.1. The van der Waals surface area contributed by atoms with Crippen molar-refractivity contribution >= 4 is 39.3 Å². The quantitative estimate of drug-likeness (QED) is 0.190. The van der Waals surface area contributed by atoms with Crippen LogP contribution in [0, 0.1) is 0 Å². The van der Waals surface area contributed by atoms with Crippen LogP contribution in [0.15, 0.2) is 68.5 Å². The zero-order valence-corrected chi connectivity index (χ0v) is 27.5. The number of carbonyl (C=O) groups is 1. The molecule has 0 saturated carbocycles. The molecule has 0 aliphatic carbocycles. The first-order valence-electron chi connectivity index (χ1n) is 13.9. The Morgan fingerprint density at radius 2 is 1.91 bits per heavy atom. The minimum atomic E-state index is -0.792. The summed E-state index contributed by atoms with van der Waals surface area (Å²) in [6.07, 6.45) is 3.36. The van der Waals surface area contributed by atoms with Crippen LogP contribution in [-0.2, 0) is 9.53 Å². The summed E-state index contributed by atoms with van der Waals surface area (Å²) < 4.78 is 31.2. The molecule has 0 bridgehead atoms. The first-order valence-corrected chi connectivity index (χ1v) is 15.5. The third kappa shape index (κ3) is 6.88. The third-order valence-corrected chi connectivity index (χ3v) is 7.93. The van der Waals surface area contributed by atoms with Crippen molar-refractivity contribution in [2.45, 2.75) is 46.8 Å². The van der Waals surface area contributed by atoms with Gasteiger partial charge in [0.2, 0.25) is 0 Å². The summed E-state index contributed by atoms with van der Waals surface area (Å²) >= 11 is 4.81. The zero-order chi connectivity index (χ0) is 31.3. The Labute approximate surface area is 262 Å². The Balaban J connectivity index is 1.92. The summed E-state index contributed by atoms with van der Waals surface area (Å²) in [7, 11) is 1.55. The minimum Gasteiger partial charge on any atom is -0.493 e. The second kappa shape index (κ2) is 14.1. The van der Waals surface area contributed by atoms with Crippen LogP contribution in [0.4, 0.5) is 0 Å². The van der Waals surface area contributed by atoms with E-state index in [0.29, 0.717) is 61.3 Å². The van der Waals surface area contributed by atoms with Gasteiger partial charge in [-0.1, -0.05) is 30.1 Å². The van der Waals surface area contributed by atoms with Crippen molar-refractivity contribution in [3.63, 3.8) is 0 Å². The lowest BCUT2D eigenvalue weighted by atomic mass is 9.95. The van der Waals surface area contributed by atoms with Crippen LogP contribution in [0.3, 0.4) is 0 Å². The van der Waals surface area contributed by atoms with E-state index in [1.54, 1.807) is 45.2 Å². The molecule has 1 aromatic heterocycles. The predicted octanol–water partition coefficient (Wildman–Crippen LogP) is 5.32. The number of ether oxygens (including phenoxy) is 5. The number of halogens is 1. The molecule has 228 valence electrons. The van der Waals surface area contributed by atoms with Crippen LogP contribution in [0.2, 0.25) is 0 Å². The molecule has 0 fully saturated rings. The van der Waals surface area contributed by atoms with E-state index in [9.17, 15) is 9.59 Å². The average Bonchev–Trinajstić information content (AvgIpc) is 3.26. The number of hydrogen-bond acceptors (Lipinski definition) is 9. The minimum absolute atomic E-state index is 0.0689. The van der Waals surface area contributed by atoms with Crippen LogP contribution in [0.1, 0.15) is 51.8 Å². The van der Waals surface area contributed by atoms with Crippen molar-refractivity contribution in [1.82, 2.24) is 4.57 Å². The number of hydrogen-bond donors (Lipinski definition) is 0. The van der Waals surface area contributed by atoms with Gasteiger partial charge in [0.05, 0.1) is 52.7 Å². The molecule has 43 heavy (non-hydrogen) atoms. The van der Waals surface area contributed by atoms with E-state index in [-0.39, 0.29) is 23.8 Å². The molecule has 0 spiro atoms. The van der Waals surface area contributed by atoms with Crippen molar-refractivity contribution in [1.29, 1.82) is 0 Å².